The zero-order valence-electron chi connectivity index (χ0n) is 15.0. The van der Waals surface area contributed by atoms with Crippen molar-refractivity contribution in [2.75, 3.05) is 13.1 Å². The Labute approximate surface area is 156 Å². The zero-order chi connectivity index (χ0) is 19.0. The van der Waals surface area contributed by atoms with Crippen molar-refractivity contribution in [1.82, 2.24) is 15.0 Å². The number of carbonyl (C=O) groups is 2. The number of carbonyl (C=O) groups excluding carboxylic acids is 2. The summed E-state index contributed by atoms with van der Waals surface area (Å²) >= 11 is 0. The topological polar surface area (TPSA) is 102 Å². The van der Waals surface area contributed by atoms with Gasteiger partial charge in [0.05, 0.1) is 22.5 Å². The number of nitrogens with zero attached hydrogens (tertiary/aromatic N) is 3. The molecule has 2 N–H and O–H groups in total. The molecule has 0 spiro atoms. The number of primary amides is 1. The number of likely N-dealkylation sites (tertiary alicyclic amines) is 1. The number of fused-ring (bicyclic) bond motifs is 1. The molecule has 2 aromatic heterocycles. The molecule has 1 atom stereocenters. The van der Waals surface area contributed by atoms with Crippen molar-refractivity contribution in [2.24, 2.45) is 5.73 Å². The van der Waals surface area contributed by atoms with Crippen LogP contribution in [-0.4, -0.2) is 39.9 Å². The Morgan fingerprint density at radius 1 is 1.26 bits per heavy atom. The minimum absolute atomic E-state index is 0.0566. The lowest BCUT2D eigenvalue weighted by molar-refractivity contribution is 0.0663. The van der Waals surface area contributed by atoms with E-state index >= 15 is 0 Å². The second kappa shape index (κ2) is 6.83. The summed E-state index contributed by atoms with van der Waals surface area (Å²) in [6.45, 7) is 2.87. The maximum Gasteiger partial charge on any atom is 0.292 e. The first-order chi connectivity index (χ1) is 13.0. The minimum atomic E-state index is -0.502. The highest BCUT2D eigenvalue weighted by molar-refractivity contribution is 5.98. The molecule has 27 heavy (non-hydrogen) atoms. The van der Waals surface area contributed by atoms with Gasteiger partial charge < -0.3 is 15.2 Å². The van der Waals surface area contributed by atoms with Gasteiger partial charge in [-0.15, -0.1) is 0 Å². The normalized spacial score (nSPS) is 17.2. The van der Waals surface area contributed by atoms with E-state index in [4.69, 9.17) is 15.2 Å². The first kappa shape index (κ1) is 17.2. The molecule has 1 aromatic carbocycles. The smallest absolute Gasteiger partial charge is 0.292 e. The summed E-state index contributed by atoms with van der Waals surface area (Å²) in [6, 6.07) is 11.0. The molecule has 0 aliphatic carbocycles. The van der Waals surface area contributed by atoms with Gasteiger partial charge in [0.1, 0.15) is 0 Å². The van der Waals surface area contributed by atoms with Gasteiger partial charge in [-0.25, -0.2) is 0 Å². The summed E-state index contributed by atoms with van der Waals surface area (Å²) < 4.78 is 5.11. The SMILES string of the molecule is Cc1cc(C(=O)N2CCCC(c3nc4ccccc4cc3C(N)=O)C2)on1. The number of aryl methyl sites for hydroxylation is 1. The van der Waals surface area contributed by atoms with E-state index in [2.05, 4.69) is 5.16 Å². The Morgan fingerprint density at radius 2 is 2.07 bits per heavy atom. The number of nitrogens with two attached hydrogens (primary N) is 1. The molecule has 0 bridgehead atoms. The van der Waals surface area contributed by atoms with Crippen molar-refractivity contribution >= 4 is 22.7 Å². The third-order valence-electron chi connectivity index (χ3n) is 4.95. The maximum atomic E-state index is 12.7. The Balaban J connectivity index is 1.67. The third-order valence-corrected chi connectivity index (χ3v) is 4.95. The molecule has 7 nitrogen and oxygen atoms in total. The number of pyridine rings is 1. The van der Waals surface area contributed by atoms with Crippen LogP contribution in [0.3, 0.4) is 0 Å². The van der Waals surface area contributed by atoms with Crippen molar-refractivity contribution in [2.45, 2.75) is 25.7 Å². The van der Waals surface area contributed by atoms with Gasteiger partial charge in [0, 0.05) is 30.5 Å². The molecule has 1 unspecified atom stereocenters. The number of benzene rings is 1. The third kappa shape index (κ3) is 3.28. The molecule has 0 radical (unpaired) electrons. The molecule has 138 valence electrons. The fraction of sp³-hybridized carbons (Fsp3) is 0.300. The number of amides is 2. The standard InChI is InChI=1S/C20H20N4O3/c1-12-9-17(27-23-12)20(26)24-8-4-6-14(11-24)18-15(19(21)25)10-13-5-2-3-7-16(13)22-18/h2-3,5,7,9-10,14H,4,6,8,11H2,1H3,(H2,21,25). The van der Waals surface area contributed by atoms with Crippen molar-refractivity contribution in [3.8, 4) is 0 Å². The van der Waals surface area contributed by atoms with Gasteiger partial charge in [0.25, 0.3) is 11.8 Å². The van der Waals surface area contributed by atoms with E-state index in [0.29, 0.717) is 30.0 Å². The van der Waals surface area contributed by atoms with E-state index < -0.39 is 5.91 Å². The lowest BCUT2D eigenvalue weighted by Crippen LogP contribution is -2.39. The highest BCUT2D eigenvalue weighted by atomic mass is 16.5. The molecular formula is C20H20N4O3. The maximum absolute atomic E-state index is 12.7. The second-order valence-corrected chi connectivity index (χ2v) is 6.90. The zero-order valence-corrected chi connectivity index (χ0v) is 15.0. The van der Waals surface area contributed by atoms with E-state index in [1.165, 1.54) is 0 Å². The van der Waals surface area contributed by atoms with Gasteiger partial charge in [-0.3, -0.25) is 14.6 Å². The predicted octanol–water partition coefficient (Wildman–Crippen LogP) is 2.65. The molecule has 1 aliphatic heterocycles. The molecule has 2 amide bonds. The number of piperidine rings is 1. The lowest BCUT2D eigenvalue weighted by atomic mass is 9.90. The van der Waals surface area contributed by atoms with Gasteiger partial charge in [0.2, 0.25) is 5.76 Å². The van der Waals surface area contributed by atoms with Crippen molar-refractivity contribution in [3.05, 3.63) is 59.1 Å². The summed E-state index contributed by atoms with van der Waals surface area (Å²) in [5, 5.41) is 4.66. The Kier molecular flexibility index (Phi) is 4.35. The predicted molar refractivity (Wildman–Crippen MR) is 99.4 cm³/mol. The van der Waals surface area contributed by atoms with E-state index in [1.807, 2.05) is 24.3 Å². The van der Waals surface area contributed by atoms with Crippen LogP contribution in [0, 0.1) is 6.92 Å². The van der Waals surface area contributed by atoms with E-state index in [1.54, 1.807) is 24.0 Å². The second-order valence-electron chi connectivity index (χ2n) is 6.90. The Bertz CT molecular complexity index is 1030. The molecule has 1 fully saturated rings. The lowest BCUT2D eigenvalue weighted by Gasteiger charge is -2.32. The van der Waals surface area contributed by atoms with Crippen molar-refractivity contribution < 1.29 is 14.1 Å². The summed E-state index contributed by atoms with van der Waals surface area (Å²) in [6.07, 6.45) is 1.65. The van der Waals surface area contributed by atoms with Crippen LogP contribution in [0.25, 0.3) is 10.9 Å². The van der Waals surface area contributed by atoms with Crippen LogP contribution < -0.4 is 5.73 Å². The Hall–Kier alpha value is -3.22. The van der Waals surface area contributed by atoms with E-state index in [0.717, 1.165) is 23.7 Å². The molecule has 3 heterocycles. The van der Waals surface area contributed by atoms with Crippen LogP contribution in [0.15, 0.2) is 40.9 Å². The monoisotopic (exact) mass is 364 g/mol. The first-order valence-electron chi connectivity index (χ1n) is 8.95. The molecular weight excluding hydrogens is 344 g/mol. The quantitative estimate of drug-likeness (QED) is 0.770. The number of para-hydroxylation sites is 1. The summed E-state index contributed by atoms with van der Waals surface area (Å²) in [5.74, 6) is -0.521. The summed E-state index contributed by atoms with van der Waals surface area (Å²) in [4.78, 5) is 31.2. The molecule has 3 aromatic rings. The number of hydrogen-bond acceptors (Lipinski definition) is 5. The van der Waals surface area contributed by atoms with Gasteiger partial charge in [-0.05, 0) is 31.9 Å². The number of hydrogen-bond donors (Lipinski definition) is 1. The molecule has 1 aliphatic rings. The number of rotatable bonds is 3. The van der Waals surface area contributed by atoms with Crippen molar-refractivity contribution in [1.29, 1.82) is 0 Å². The highest BCUT2D eigenvalue weighted by Crippen LogP contribution is 2.30. The van der Waals surface area contributed by atoms with Crippen molar-refractivity contribution in [3.63, 3.8) is 0 Å². The van der Waals surface area contributed by atoms with E-state index in [-0.39, 0.29) is 17.6 Å². The fourth-order valence-electron chi connectivity index (χ4n) is 3.64. The van der Waals surface area contributed by atoms with Crippen LogP contribution in [-0.2, 0) is 0 Å². The van der Waals surface area contributed by atoms with Crippen LogP contribution in [0.4, 0.5) is 0 Å². The van der Waals surface area contributed by atoms with Gasteiger partial charge in [-0.1, -0.05) is 23.4 Å². The van der Waals surface area contributed by atoms with Gasteiger partial charge in [-0.2, -0.15) is 0 Å². The Morgan fingerprint density at radius 3 is 2.81 bits per heavy atom. The van der Waals surface area contributed by atoms with E-state index in [9.17, 15) is 9.59 Å². The average molecular weight is 364 g/mol. The average Bonchev–Trinajstić information content (AvgIpc) is 3.12. The fourth-order valence-corrected chi connectivity index (χ4v) is 3.64. The first-order valence-corrected chi connectivity index (χ1v) is 8.95. The van der Waals surface area contributed by atoms with Gasteiger partial charge in [0.15, 0.2) is 0 Å². The molecule has 4 rings (SSSR count). The molecule has 7 heteroatoms. The summed E-state index contributed by atoms with van der Waals surface area (Å²) in [7, 11) is 0. The van der Waals surface area contributed by atoms with Crippen LogP contribution in [0.5, 0.6) is 0 Å². The minimum Gasteiger partial charge on any atom is -0.366 e. The van der Waals surface area contributed by atoms with Crippen LogP contribution in [0.2, 0.25) is 0 Å². The highest BCUT2D eigenvalue weighted by Gasteiger charge is 2.30. The molecule has 1 saturated heterocycles. The summed E-state index contributed by atoms with van der Waals surface area (Å²) in [5.41, 5.74) is 8.18. The largest absolute Gasteiger partial charge is 0.366 e. The van der Waals surface area contributed by atoms with Crippen LogP contribution in [0.1, 0.15) is 51.1 Å². The number of aromatic nitrogens is 2. The molecule has 0 saturated carbocycles. The van der Waals surface area contributed by atoms with Crippen LogP contribution >= 0.6 is 0 Å². The van der Waals surface area contributed by atoms with Gasteiger partial charge >= 0.3 is 0 Å².